The van der Waals surface area contributed by atoms with Gasteiger partial charge in [-0.2, -0.15) is 0 Å². The van der Waals surface area contributed by atoms with Crippen molar-refractivity contribution in [2.24, 2.45) is 5.92 Å². The van der Waals surface area contributed by atoms with Crippen LogP contribution in [0.4, 0.5) is 0 Å². The Kier molecular flexibility index (Phi) is 11.5. The highest BCUT2D eigenvalue weighted by molar-refractivity contribution is 7.89. The van der Waals surface area contributed by atoms with Gasteiger partial charge in [0.05, 0.1) is 17.0 Å². The first-order valence-electron chi connectivity index (χ1n) is 14.6. The zero-order chi connectivity index (χ0) is 29.1. The molecule has 0 aromatic heterocycles. The van der Waals surface area contributed by atoms with Gasteiger partial charge in [-0.25, -0.2) is 12.7 Å². The summed E-state index contributed by atoms with van der Waals surface area (Å²) in [5, 5.41) is 3.64. The average Bonchev–Trinajstić information content (AvgIpc) is 3.02. The molecule has 0 aliphatic carbocycles. The highest BCUT2D eigenvalue weighted by Crippen LogP contribution is 2.28. The summed E-state index contributed by atoms with van der Waals surface area (Å²) in [6, 6.07) is 28.5. The van der Waals surface area contributed by atoms with Crippen molar-refractivity contribution >= 4 is 16.0 Å². The topological polar surface area (TPSA) is 79.0 Å². The third-order valence-corrected chi connectivity index (χ3v) is 9.70. The third-order valence-electron chi connectivity index (χ3n) is 7.87. The van der Waals surface area contributed by atoms with Gasteiger partial charge in [0.15, 0.2) is 0 Å². The Morgan fingerprint density at radius 3 is 2.29 bits per heavy atom. The van der Waals surface area contributed by atoms with Crippen molar-refractivity contribution in [3.05, 3.63) is 102 Å². The number of nitrogens with one attached hydrogen (secondary N) is 1. The standard InChI is InChI=1S/C33H43N3O4S/c1-3-21-34-32-24-29(33(37)40-26-27-13-7-4-8-14-27)19-22-36(32)23-20-30(28-15-9-5-10-16-28)25-35(2)41(38,39)31-17-11-6-12-18-31/h4-18,29-30,32,34H,3,19-26H2,1-2H3. The van der Waals surface area contributed by atoms with E-state index >= 15 is 0 Å². The zero-order valence-electron chi connectivity index (χ0n) is 24.2. The van der Waals surface area contributed by atoms with Crippen molar-refractivity contribution in [3.63, 3.8) is 0 Å². The van der Waals surface area contributed by atoms with E-state index in [0.717, 1.165) is 50.0 Å². The van der Waals surface area contributed by atoms with E-state index in [0.29, 0.717) is 24.5 Å². The fourth-order valence-electron chi connectivity index (χ4n) is 5.46. The van der Waals surface area contributed by atoms with E-state index in [9.17, 15) is 13.2 Å². The summed E-state index contributed by atoms with van der Waals surface area (Å²) < 4.78 is 33.7. The molecule has 3 aromatic carbocycles. The molecule has 0 spiro atoms. The van der Waals surface area contributed by atoms with Crippen LogP contribution in [-0.4, -0.2) is 63.0 Å². The van der Waals surface area contributed by atoms with E-state index in [4.69, 9.17) is 4.74 Å². The second-order valence-electron chi connectivity index (χ2n) is 10.8. The molecule has 1 fully saturated rings. The molecule has 220 valence electrons. The van der Waals surface area contributed by atoms with Crippen LogP contribution in [0.1, 0.15) is 49.7 Å². The number of hydrogen-bond donors (Lipinski definition) is 1. The predicted molar refractivity (Wildman–Crippen MR) is 163 cm³/mol. The number of carbonyl (C=O) groups excluding carboxylic acids is 1. The molecule has 1 heterocycles. The maximum absolute atomic E-state index is 13.3. The Bertz CT molecular complexity index is 1310. The van der Waals surface area contributed by atoms with E-state index in [2.05, 4.69) is 29.3 Å². The van der Waals surface area contributed by atoms with Gasteiger partial charge in [0.25, 0.3) is 0 Å². The zero-order valence-corrected chi connectivity index (χ0v) is 25.0. The normalized spacial score (nSPS) is 18.7. The molecule has 3 atom stereocenters. The number of piperidine rings is 1. The SMILES string of the molecule is CCCNC1CC(C(=O)OCc2ccccc2)CCN1CCC(CN(C)S(=O)(=O)c1ccccc1)c1ccccc1. The smallest absolute Gasteiger partial charge is 0.309 e. The molecule has 0 radical (unpaired) electrons. The molecular weight excluding hydrogens is 534 g/mol. The van der Waals surface area contributed by atoms with E-state index < -0.39 is 10.0 Å². The lowest BCUT2D eigenvalue weighted by molar-refractivity contribution is -0.152. The molecule has 0 amide bonds. The summed E-state index contributed by atoms with van der Waals surface area (Å²) in [5.74, 6) is -0.247. The van der Waals surface area contributed by atoms with Gasteiger partial charge in [0.1, 0.15) is 6.61 Å². The van der Waals surface area contributed by atoms with Crippen LogP contribution in [0.2, 0.25) is 0 Å². The summed E-state index contributed by atoms with van der Waals surface area (Å²) in [6.07, 6.45) is 3.32. The largest absolute Gasteiger partial charge is 0.461 e. The monoisotopic (exact) mass is 577 g/mol. The predicted octanol–water partition coefficient (Wildman–Crippen LogP) is 5.26. The lowest BCUT2D eigenvalue weighted by atomic mass is 9.92. The van der Waals surface area contributed by atoms with E-state index in [1.54, 1.807) is 31.3 Å². The van der Waals surface area contributed by atoms with Gasteiger partial charge in [-0.1, -0.05) is 85.8 Å². The van der Waals surface area contributed by atoms with Crippen molar-refractivity contribution in [2.75, 3.05) is 33.2 Å². The quantitative estimate of drug-likeness (QED) is 0.263. The van der Waals surface area contributed by atoms with Gasteiger partial charge in [-0.15, -0.1) is 0 Å². The number of likely N-dealkylation sites (N-methyl/N-ethyl adjacent to an activating group) is 1. The second kappa shape index (κ2) is 15.3. The summed E-state index contributed by atoms with van der Waals surface area (Å²) >= 11 is 0. The van der Waals surface area contributed by atoms with Crippen LogP contribution >= 0.6 is 0 Å². The third kappa shape index (κ3) is 8.72. The molecule has 4 rings (SSSR count). The van der Waals surface area contributed by atoms with Crippen molar-refractivity contribution in [1.29, 1.82) is 0 Å². The second-order valence-corrected chi connectivity index (χ2v) is 12.9. The van der Waals surface area contributed by atoms with Gasteiger partial charge in [-0.3, -0.25) is 9.69 Å². The first kappa shape index (κ1) is 30.9. The maximum Gasteiger partial charge on any atom is 0.309 e. The number of carbonyl (C=O) groups is 1. The number of benzene rings is 3. The lowest BCUT2D eigenvalue weighted by Gasteiger charge is -2.40. The fraction of sp³-hybridized carbons (Fsp3) is 0.424. The molecule has 0 bridgehead atoms. The minimum Gasteiger partial charge on any atom is -0.461 e. The van der Waals surface area contributed by atoms with Gasteiger partial charge in [0.2, 0.25) is 10.0 Å². The minimum absolute atomic E-state index is 0.0278. The minimum atomic E-state index is -3.59. The van der Waals surface area contributed by atoms with Crippen LogP contribution in [-0.2, 0) is 26.2 Å². The van der Waals surface area contributed by atoms with Crippen molar-refractivity contribution in [1.82, 2.24) is 14.5 Å². The molecule has 41 heavy (non-hydrogen) atoms. The number of nitrogens with zero attached hydrogens (tertiary/aromatic N) is 2. The van der Waals surface area contributed by atoms with Crippen LogP contribution in [0, 0.1) is 5.92 Å². The summed E-state index contributed by atoms with van der Waals surface area (Å²) in [7, 11) is -1.93. The van der Waals surface area contributed by atoms with Crippen LogP contribution < -0.4 is 5.32 Å². The van der Waals surface area contributed by atoms with Crippen LogP contribution in [0.3, 0.4) is 0 Å². The summed E-state index contributed by atoms with van der Waals surface area (Å²) in [4.78, 5) is 15.7. The number of ether oxygens (including phenoxy) is 1. The molecule has 1 N–H and O–H groups in total. The first-order chi connectivity index (χ1) is 19.9. The Balaban J connectivity index is 1.41. The van der Waals surface area contributed by atoms with Crippen molar-refractivity contribution < 1.29 is 17.9 Å². The molecule has 1 saturated heterocycles. The number of hydrogen-bond acceptors (Lipinski definition) is 6. The molecule has 0 saturated carbocycles. The van der Waals surface area contributed by atoms with Crippen LogP contribution in [0.25, 0.3) is 0 Å². The summed E-state index contributed by atoms with van der Waals surface area (Å²) in [5.41, 5.74) is 2.12. The molecule has 1 aliphatic heterocycles. The highest BCUT2D eigenvalue weighted by Gasteiger charge is 2.33. The maximum atomic E-state index is 13.3. The van der Waals surface area contributed by atoms with E-state index in [1.807, 2.05) is 54.6 Å². The average molecular weight is 578 g/mol. The van der Waals surface area contributed by atoms with Crippen LogP contribution in [0.15, 0.2) is 95.9 Å². The molecule has 8 heteroatoms. The fourth-order valence-corrected chi connectivity index (χ4v) is 6.69. The molecule has 3 unspecified atom stereocenters. The number of likely N-dealkylation sites (tertiary alicyclic amines) is 1. The number of rotatable bonds is 14. The van der Waals surface area contributed by atoms with Gasteiger partial charge in [0, 0.05) is 26.7 Å². The Morgan fingerprint density at radius 2 is 1.63 bits per heavy atom. The van der Waals surface area contributed by atoms with Crippen molar-refractivity contribution in [3.8, 4) is 0 Å². The van der Waals surface area contributed by atoms with E-state index in [-0.39, 0.29) is 24.0 Å². The molecule has 1 aliphatic rings. The Morgan fingerprint density at radius 1 is 1.00 bits per heavy atom. The highest BCUT2D eigenvalue weighted by atomic mass is 32.2. The number of sulfonamides is 1. The van der Waals surface area contributed by atoms with E-state index in [1.165, 1.54) is 4.31 Å². The molecule has 3 aromatic rings. The van der Waals surface area contributed by atoms with Crippen molar-refractivity contribution in [2.45, 2.75) is 56.2 Å². The number of esters is 1. The Labute approximate surface area is 245 Å². The lowest BCUT2D eigenvalue weighted by Crippen LogP contribution is -2.52. The summed E-state index contributed by atoms with van der Waals surface area (Å²) in [6.45, 7) is 5.27. The molecule has 7 nitrogen and oxygen atoms in total. The molecular formula is C33H43N3O4S. The first-order valence-corrected chi connectivity index (χ1v) is 16.1. The van der Waals surface area contributed by atoms with Gasteiger partial charge in [-0.05, 0) is 61.4 Å². The Hall–Kier alpha value is -3.04. The van der Waals surface area contributed by atoms with Crippen LogP contribution in [0.5, 0.6) is 0 Å². The van der Waals surface area contributed by atoms with Gasteiger partial charge < -0.3 is 10.1 Å². The van der Waals surface area contributed by atoms with Gasteiger partial charge >= 0.3 is 5.97 Å².